The van der Waals surface area contributed by atoms with Crippen LogP contribution in [0, 0.1) is 5.92 Å². The van der Waals surface area contributed by atoms with E-state index in [1.807, 2.05) is 0 Å². The number of hydrogen-bond donors (Lipinski definition) is 2. The SMILES string of the molecule is CC(C)(C)OC(=O)N[C@H]1CCCCC[C@@H]1C(=O)O. The zero-order chi connectivity index (χ0) is 13.8. The Hall–Kier alpha value is -1.26. The van der Waals surface area contributed by atoms with E-state index in [1.54, 1.807) is 20.8 Å². The van der Waals surface area contributed by atoms with Crippen LogP contribution < -0.4 is 5.32 Å². The predicted molar refractivity (Wildman–Crippen MR) is 67.4 cm³/mol. The number of carboxylic acid groups (broad SMARTS) is 1. The van der Waals surface area contributed by atoms with Crippen molar-refractivity contribution in [2.24, 2.45) is 5.92 Å². The fourth-order valence-electron chi connectivity index (χ4n) is 2.23. The Morgan fingerprint density at radius 2 is 1.78 bits per heavy atom. The molecule has 0 radical (unpaired) electrons. The van der Waals surface area contributed by atoms with Crippen molar-refractivity contribution in [2.45, 2.75) is 64.5 Å². The van der Waals surface area contributed by atoms with Gasteiger partial charge in [-0.2, -0.15) is 0 Å². The molecule has 0 unspecified atom stereocenters. The second-order valence-corrected chi connectivity index (χ2v) is 5.84. The van der Waals surface area contributed by atoms with E-state index in [2.05, 4.69) is 5.32 Å². The smallest absolute Gasteiger partial charge is 0.407 e. The first-order chi connectivity index (χ1) is 8.29. The van der Waals surface area contributed by atoms with Crippen LogP contribution in [-0.2, 0) is 9.53 Å². The number of ether oxygens (including phenoxy) is 1. The third kappa shape index (κ3) is 4.94. The maximum absolute atomic E-state index is 11.7. The number of hydrogen-bond acceptors (Lipinski definition) is 3. The minimum atomic E-state index is -0.835. The molecule has 1 fully saturated rings. The van der Waals surface area contributed by atoms with Gasteiger partial charge in [-0.15, -0.1) is 0 Å². The monoisotopic (exact) mass is 257 g/mol. The van der Waals surface area contributed by atoms with Gasteiger partial charge in [-0.25, -0.2) is 4.79 Å². The Bertz CT molecular complexity index is 309. The number of aliphatic carboxylic acids is 1. The molecule has 0 spiro atoms. The summed E-state index contributed by atoms with van der Waals surface area (Å²) in [5.41, 5.74) is -0.562. The third-order valence-electron chi connectivity index (χ3n) is 3.04. The van der Waals surface area contributed by atoms with Gasteiger partial charge in [0.25, 0.3) is 0 Å². The number of carboxylic acids is 1. The van der Waals surface area contributed by atoms with Crippen molar-refractivity contribution >= 4 is 12.1 Å². The highest BCUT2D eigenvalue weighted by molar-refractivity contribution is 5.73. The molecule has 5 nitrogen and oxygen atoms in total. The van der Waals surface area contributed by atoms with E-state index >= 15 is 0 Å². The molecule has 2 atom stereocenters. The van der Waals surface area contributed by atoms with Gasteiger partial charge in [0.05, 0.1) is 5.92 Å². The summed E-state index contributed by atoms with van der Waals surface area (Å²) in [5, 5.41) is 11.9. The molecule has 0 saturated heterocycles. The van der Waals surface area contributed by atoms with Gasteiger partial charge >= 0.3 is 12.1 Å². The number of alkyl carbamates (subject to hydrolysis) is 1. The molecular formula is C13H23NO4. The molecule has 18 heavy (non-hydrogen) atoms. The minimum Gasteiger partial charge on any atom is -0.481 e. The molecule has 1 amide bonds. The third-order valence-corrected chi connectivity index (χ3v) is 3.04. The van der Waals surface area contributed by atoms with Crippen LogP contribution in [0.2, 0.25) is 0 Å². The Morgan fingerprint density at radius 1 is 1.17 bits per heavy atom. The predicted octanol–water partition coefficient (Wildman–Crippen LogP) is 2.54. The van der Waals surface area contributed by atoms with Crippen LogP contribution in [-0.4, -0.2) is 28.8 Å². The standard InChI is InChI=1S/C13H23NO4/c1-13(2,3)18-12(17)14-10-8-6-4-5-7-9(10)11(15)16/h9-10H,4-8H2,1-3H3,(H,14,17)(H,15,16)/t9-,10-/m0/s1. The summed E-state index contributed by atoms with van der Waals surface area (Å²) < 4.78 is 5.17. The average Bonchev–Trinajstić information content (AvgIpc) is 2.39. The minimum absolute atomic E-state index is 0.320. The topological polar surface area (TPSA) is 75.6 Å². The van der Waals surface area contributed by atoms with E-state index in [9.17, 15) is 14.7 Å². The quantitative estimate of drug-likeness (QED) is 0.745. The Balaban J connectivity index is 2.60. The summed E-state index contributed by atoms with van der Waals surface area (Å²) in [6.07, 6.45) is 3.68. The van der Waals surface area contributed by atoms with E-state index in [1.165, 1.54) is 0 Å². The van der Waals surface area contributed by atoms with Crippen LogP contribution in [0.5, 0.6) is 0 Å². The van der Waals surface area contributed by atoms with Gasteiger partial charge in [-0.1, -0.05) is 19.3 Å². The van der Waals surface area contributed by atoms with Crippen LogP contribution in [0.25, 0.3) is 0 Å². The van der Waals surface area contributed by atoms with Crippen molar-refractivity contribution in [1.82, 2.24) is 5.32 Å². The molecule has 5 heteroatoms. The summed E-state index contributed by atoms with van der Waals surface area (Å²) in [4.78, 5) is 22.9. The summed E-state index contributed by atoms with van der Waals surface area (Å²) in [6.45, 7) is 5.36. The number of rotatable bonds is 2. The zero-order valence-corrected chi connectivity index (χ0v) is 11.4. The van der Waals surface area contributed by atoms with Gasteiger partial charge in [0.15, 0.2) is 0 Å². The second-order valence-electron chi connectivity index (χ2n) is 5.84. The van der Waals surface area contributed by atoms with Gasteiger partial charge in [-0.3, -0.25) is 4.79 Å². The van der Waals surface area contributed by atoms with Crippen molar-refractivity contribution < 1.29 is 19.4 Å². The highest BCUT2D eigenvalue weighted by Crippen LogP contribution is 2.24. The van der Waals surface area contributed by atoms with Gasteiger partial charge in [0.1, 0.15) is 5.60 Å². The molecule has 2 N–H and O–H groups in total. The van der Waals surface area contributed by atoms with Crippen LogP contribution in [0.15, 0.2) is 0 Å². The molecule has 1 rings (SSSR count). The molecule has 104 valence electrons. The van der Waals surface area contributed by atoms with Crippen LogP contribution in [0.4, 0.5) is 4.79 Å². The first-order valence-electron chi connectivity index (χ1n) is 6.52. The molecule has 1 aliphatic carbocycles. The van der Waals surface area contributed by atoms with E-state index in [0.29, 0.717) is 12.8 Å². The molecule has 0 heterocycles. The van der Waals surface area contributed by atoms with Gasteiger partial charge in [0, 0.05) is 6.04 Å². The Labute approximate surface area is 108 Å². The maximum atomic E-state index is 11.7. The zero-order valence-electron chi connectivity index (χ0n) is 11.4. The second kappa shape index (κ2) is 6.07. The summed E-state index contributed by atoms with van der Waals surface area (Å²) in [6, 6.07) is -0.320. The molecule has 0 aromatic heterocycles. The van der Waals surface area contributed by atoms with Crippen LogP contribution in [0.3, 0.4) is 0 Å². The van der Waals surface area contributed by atoms with Crippen LogP contribution in [0.1, 0.15) is 52.9 Å². The van der Waals surface area contributed by atoms with E-state index in [4.69, 9.17) is 4.74 Å². The van der Waals surface area contributed by atoms with Gasteiger partial charge in [0.2, 0.25) is 0 Å². The van der Waals surface area contributed by atoms with Gasteiger partial charge < -0.3 is 15.2 Å². The lowest BCUT2D eigenvalue weighted by atomic mass is 9.95. The first kappa shape index (κ1) is 14.8. The number of amides is 1. The number of carbonyl (C=O) groups is 2. The van der Waals surface area contributed by atoms with Gasteiger partial charge in [-0.05, 0) is 33.6 Å². The molecule has 1 aliphatic rings. The summed E-state index contributed by atoms with van der Waals surface area (Å²) >= 11 is 0. The normalized spacial score (nSPS) is 25.1. The van der Waals surface area contributed by atoms with Crippen molar-refractivity contribution in [1.29, 1.82) is 0 Å². The largest absolute Gasteiger partial charge is 0.481 e. The maximum Gasteiger partial charge on any atom is 0.407 e. The highest BCUT2D eigenvalue weighted by atomic mass is 16.6. The van der Waals surface area contributed by atoms with E-state index < -0.39 is 23.6 Å². The van der Waals surface area contributed by atoms with Crippen LogP contribution >= 0.6 is 0 Å². The molecular weight excluding hydrogens is 234 g/mol. The molecule has 1 saturated carbocycles. The molecule has 0 aliphatic heterocycles. The summed E-state index contributed by atoms with van der Waals surface area (Å²) in [7, 11) is 0. The highest BCUT2D eigenvalue weighted by Gasteiger charge is 2.31. The number of carbonyl (C=O) groups excluding carboxylic acids is 1. The lowest BCUT2D eigenvalue weighted by Crippen LogP contribution is -2.44. The molecule has 0 aromatic rings. The van der Waals surface area contributed by atoms with Crippen molar-refractivity contribution in [3.63, 3.8) is 0 Å². The lowest BCUT2D eigenvalue weighted by molar-refractivity contribution is -0.142. The first-order valence-corrected chi connectivity index (χ1v) is 6.52. The molecule has 0 aromatic carbocycles. The van der Waals surface area contributed by atoms with Crippen molar-refractivity contribution in [3.8, 4) is 0 Å². The van der Waals surface area contributed by atoms with E-state index in [-0.39, 0.29) is 6.04 Å². The fourth-order valence-corrected chi connectivity index (χ4v) is 2.23. The lowest BCUT2D eigenvalue weighted by Gasteiger charge is -2.25. The Kier molecular flexibility index (Phi) is 4.99. The molecule has 0 bridgehead atoms. The average molecular weight is 257 g/mol. The Morgan fingerprint density at radius 3 is 2.33 bits per heavy atom. The fraction of sp³-hybridized carbons (Fsp3) is 0.846. The number of nitrogens with one attached hydrogen (secondary N) is 1. The summed E-state index contributed by atoms with van der Waals surface area (Å²) in [5.74, 6) is -1.34. The van der Waals surface area contributed by atoms with E-state index in [0.717, 1.165) is 19.3 Å². The van der Waals surface area contributed by atoms with Crippen molar-refractivity contribution in [3.05, 3.63) is 0 Å². The van der Waals surface area contributed by atoms with Crippen molar-refractivity contribution in [2.75, 3.05) is 0 Å².